The smallest absolute Gasteiger partial charge is 0.243 e. The summed E-state index contributed by atoms with van der Waals surface area (Å²) in [5, 5.41) is 2.70. The molecule has 2 aliphatic heterocycles. The van der Waals surface area contributed by atoms with E-state index in [4.69, 9.17) is 4.74 Å². The second-order valence-corrected chi connectivity index (χ2v) is 6.59. The molecule has 0 aromatic heterocycles. The van der Waals surface area contributed by atoms with Crippen LogP contribution in [0, 0.1) is 11.3 Å². The Hall–Kier alpha value is -1.10. The van der Waals surface area contributed by atoms with Gasteiger partial charge in [0.05, 0.1) is 6.54 Å². The molecule has 2 heterocycles. The van der Waals surface area contributed by atoms with E-state index in [-0.39, 0.29) is 29.8 Å². The highest BCUT2D eigenvalue weighted by Crippen LogP contribution is 2.28. The van der Waals surface area contributed by atoms with E-state index >= 15 is 0 Å². The van der Waals surface area contributed by atoms with Crippen LogP contribution in [0.25, 0.3) is 0 Å². The lowest BCUT2D eigenvalue weighted by Gasteiger charge is -2.43. The number of rotatable bonds is 2. The Morgan fingerprint density at radius 3 is 2.47 bits per heavy atom. The zero-order valence-corrected chi connectivity index (χ0v) is 12.1. The van der Waals surface area contributed by atoms with Crippen molar-refractivity contribution in [2.75, 3.05) is 26.3 Å². The lowest BCUT2D eigenvalue weighted by atomic mass is 9.83. The standard InChI is InChI=1S/C14H24N2O3/c1-14(2,3)12-13(18)15-8-11(17)16(12)9-10-4-6-19-7-5-10/h10,12H,4-9H2,1-3H3,(H,15,18). The summed E-state index contributed by atoms with van der Waals surface area (Å²) in [5.41, 5.74) is -0.245. The Morgan fingerprint density at radius 1 is 1.26 bits per heavy atom. The first-order chi connectivity index (χ1) is 8.89. The fourth-order valence-electron chi connectivity index (χ4n) is 2.92. The van der Waals surface area contributed by atoms with E-state index in [9.17, 15) is 9.59 Å². The van der Waals surface area contributed by atoms with E-state index in [0.29, 0.717) is 12.5 Å². The van der Waals surface area contributed by atoms with Crippen molar-refractivity contribution in [3.63, 3.8) is 0 Å². The summed E-state index contributed by atoms with van der Waals surface area (Å²) in [6, 6.07) is -0.364. The minimum atomic E-state index is -0.364. The van der Waals surface area contributed by atoms with Gasteiger partial charge in [-0.3, -0.25) is 9.59 Å². The van der Waals surface area contributed by atoms with E-state index in [0.717, 1.165) is 26.1 Å². The molecular formula is C14H24N2O3. The average Bonchev–Trinajstić information content (AvgIpc) is 2.33. The monoisotopic (exact) mass is 268 g/mol. The van der Waals surface area contributed by atoms with E-state index in [1.165, 1.54) is 0 Å². The molecule has 0 spiro atoms. The van der Waals surface area contributed by atoms with Crippen LogP contribution in [0.3, 0.4) is 0 Å². The lowest BCUT2D eigenvalue weighted by molar-refractivity contribution is -0.151. The average molecular weight is 268 g/mol. The van der Waals surface area contributed by atoms with Gasteiger partial charge in [-0.2, -0.15) is 0 Å². The van der Waals surface area contributed by atoms with Crippen molar-refractivity contribution >= 4 is 11.8 Å². The summed E-state index contributed by atoms with van der Waals surface area (Å²) in [6.07, 6.45) is 1.95. The molecule has 108 valence electrons. The molecule has 1 atom stereocenters. The summed E-state index contributed by atoms with van der Waals surface area (Å²) in [6.45, 7) is 8.36. The third-order valence-corrected chi connectivity index (χ3v) is 3.91. The van der Waals surface area contributed by atoms with Crippen molar-refractivity contribution in [3.05, 3.63) is 0 Å². The molecule has 0 aromatic rings. The largest absolute Gasteiger partial charge is 0.381 e. The summed E-state index contributed by atoms with van der Waals surface area (Å²) in [4.78, 5) is 26.0. The Kier molecular flexibility index (Phi) is 4.13. The number of nitrogens with zero attached hydrogens (tertiary/aromatic N) is 1. The molecule has 5 heteroatoms. The van der Waals surface area contributed by atoms with Crippen LogP contribution in [0.2, 0.25) is 0 Å². The van der Waals surface area contributed by atoms with Crippen molar-refractivity contribution in [3.8, 4) is 0 Å². The first-order valence-corrected chi connectivity index (χ1v) is 7.04. The normalized spacial score (nSPS) is 26.5. The maximum atomic E-state index is 12.2. The van der Waals surface area contributed by atoms with Crippen molar-refractivity contribution < 1.29 is 14.3 Å². The van der Waals surface area contributed by atoms with Crippen molar-refractivity contribution in [2.24, 2.45) is 11.3 Å². The van der Waals surface area contributed by atoms with E-state index < -0.39 is 0 Å². The number of ether oxygens (including phenoxy) is 1. The summed E-state index contributed by atoms with van der Waals surface area (Å²) < 4.78 is 5.35. The molecule has 19 heavy (non-hydrogen) atoms. The quantitative estimate of drug-likeness (QED) is 0.805. The van der Waals surface area contributed by atoms with E-state index in [2.05, 4.69) is 5.32 Å². The molecule has 2 amide bonds. The van der Waals surface area contributed by atoms with Crippen LogP contribution in [0.5, 0.6) is 0 Å². The van der Waals surface area contributed by atoms with Crippen LogP contribution < -0.4 is 5.32 Å². The third-order valence-electron chi connectivity index (χ3n) is 3.91. The zero-order chi connectivity index (χ0) is 14.0. The van der Waals surface area contributed by atoms with E-state index in [1.54, 1.807) is 4.90 Å². The van der Waals surface area contributed by atoms with Gasteiger partial charge >= 0.3 is 0 Å². The third kappa shape index (κ3) is 3.26. The summed E-state index contributed by atoms with van der Waals surface area (Å²) in [7, 11) is 0. The maximum Gasteiger partial charge on any atom is 0.243 e. The molecule has 5 nitrogen and oxygen atoms in total. The summed E-state index contributed by atoms with van der Waals surface area (Å²) >= 11 is 0. The van der Waals surface area contributed by atoms with Gasteiger partial charge in [-0.05, 0) is 24.2 Å². The minimum absolute atomic E-state index is 0.0286. The highest BCUT2D eigenvalue weighted by atomic mass is 16.5. The van der Waals surface area contributed by atoms with Crippen LogP contribution in [0.4, 0.5) is 0 Å². The SMILES string of the molecule is CC(C)(C)C1C(=O)NCC(=O)N1CC1CCOCC1. The van der Waals surface area contributed by atoms with Gasteiger partial charge in [0.25, 0.3) is 0 Å². The fraction of sp³-hybridized carbons (Fsp3) is 0.857. The molecule has 0 aliphatic carbocycles. The van der Waals surface area contributed by atoms with Gasteiger partial charge in [0.2, 0.25) is 11.8 Å². The first kappa shape index (κ1) is 14.3. The predicted molar refractivity (Wildman–Crippen MR) is 71.5 cm³/mol. The van der Waals surface area contributed by atoms with Gasteiger partial charge in [0.1, 0.15) is 6.04 Å². The molecule has 2 saturated heterocycles. The van der Waals surface area contributed by atoms with Crippen LogP contribution in [0.15, 0.2) is 0 Å². The molecule has 2 fully saturated rings. The minimum Gasteiger partial charge on any atom is -0.381 e. The molecule has 1 unspecified atom stereocenters. The highest BCUT2D eigenvalue weighted by molar-refractivity contribution is 5.95. The molecule has 2 aliphatic rings. The topological polar surface area (TPSA) is 58.6 Å². The van der Waals surface area contributed by atoms with Crippen LogP contribution in [-0.2, 0) is 14.3 Å². The highest BCUT2D eigenvalue weighted by Gasteiger charge is 2.42. The van der Waals surface area contributed by atoms with Crippen molar-refractivity contribution in [2.45, 2.75) is 39.7 Å². The van der Waals surface area contributed by atoms with Crippen molar-refractivity contribution in [1.82, 2.24) is 10.2 Å². The Balaban J connectivity index is 2.12. The predicted octanol–water partition coefficient (Wildman–Crippen LogP) is 0.786. The molecule has 0 aromatic carbocycles. The molecule has 1 N–H and O–H groups in total. The number of carbonyl (C=O) groups excluding carboxylic acids is 2. The molecular weight excluding hydrogens is 244 g/mol. The maximum absolute atomic E-state index is 12.2. The summed E-state index contributed by atoms with van der Waals surface area (Å²) in [5.74, 6) is 0.457. The van der Waals surface area contributed by atoms with Crippen LogP contribution in [0.1, 0.15) is 33.6 Å². The number of carbonyl (C=O) groups is 2. The van der Waals surface area contributed by atoms with Gasteiger partial charge in [-0.15, -0.1) is 0 Å². The Morgan fingerprint density at radius 2 is 1.89 bits per heavy atom. The van der Waals surface area contributed by atoms with Crippen LogP contribution in [-0.4, -0.2) is 49.1 Å². The van der Waals surface area contributed by atoms with Gasteiger partial charge in [0, 0.05) is 19.8 Å². The number of piperazine rings is 1. The zero-order valence-electron chi connectivity index (χ0n) is 12.1. The van der Waals surface area contributed by atoms with E-state index in [1.807, 2.05) is 20.8 Å². The molecule has 0 radical (unpaired) electrons. The van der Waals surface area contributed by atoms with Gasteiger partial charge in [0.15, 0.2) is 0 Å². The Labute approximate surface area is 114 Å². The Bertz CT molecular complexity index is 356. The second kappa shape index (κ2) is 5.49. The number of amides is 2. The lowest BCUT2D eigenvalue weighted by Crippen LogP contribution is -2.63. The number of hydrogen-bond donors (Lipinski definition) is 1. The fourth-order valence-corrected chi connectivity index (χ4v) is 2.92. The number of nitrogens with one attached hydrogen (secondary N) is 1. The first-order valence-electron chi connectivity index (χ1n) is 7.04. The second-order valence-electron chi connectivity index (χ2n) is 6.59. The van der Waals surface area contributed by atoms with Gasteiger partial charge in [-0.25, -0.2) is 0 Å². The molecule has 0 bridgehead atoms. The van der Waals surface area contributed by atoms with Crippen LogP contribution >= 0.6 is 0 Å². The molecule has 0 saturated carbocycles. The molecule has 2 rings (SSSR count). The van der Waals surface area contributed by atoms with Gasteiger partial charge in [-0.1, -0.05) is 20.8 Å². The van der Waals surface area contributed by atoms with Crippen molar-refractivity contribution in [1.29, 1.82) is 0 Å². The number of hydrogen-bond acceptors (Lipinski definition) is 3. The van der Waals surface area contributed by atoms with Gasteiger partial charge < -0.3 is 15.0 Å².